The Morgan fingerprint density at radius 3 is 2.50 bits per heavy atom. The van der Waals surface area contributed by atoms with Crippen LogP contribution in [0.1, 0.15) is 103 Å². The van der Waals surface area contributed by atoms with E-state index in [4.69, 9.17) is 0 Å². The minimum atomic E-state index is -1.24. The predicted molar refractivity (Wildman–Crippen MR) is 149 cm³/mol. The molecule has 0 aromatic carbocycles. The summed E-state index contributed by atoms with van der Waals surface area (Å²) in [4.78, 5) is 65.3. The van der Waals surface area contributed by atoms with Crippen molar-refractivity contribution in [1.29, 1.82) is 0 Å². The number of rotatable bonds is 15. The SMILES string of the molecule is CCCCCCCC1CC1(NC(=O)[C@@H]1CCCN1C(=O)CNC(=O)N[C@H](C(=O)C1CC1)C1=CCCCC1)C(=O)O. The minimum absolute atomic E-state index is 0.000141. The van der Waals surface area contributed by atoms with E-state index in [1.807, 2.05) is 6.08 Å². The summed E-state index contributed by atoms with van der Waals surface area (Å²) in [5, 5.41) is 18.0. The number of unbranched alkanes of at least 4 members (excludes halogenated alkanes) is 4. The van der Waals surface area contributed by atoms with Crippen LogP contribution < -0.4 is 16.0 Å². The number of carboxylic acids is 1. The molecule has 0 bridgehead atoms. The fraction of sp³-hybridized carbons (Fsp3) is 0.767. The zero-order chi connectivity index (χ0) is 28.7. The number of likely N-dealkylation sites (tertiary alicyclic amines) is 1. The van der Waals surface area contributed by atoms with E-state index in [2.05, 4.69) is 22.9 Å². The first-order valence-electron chi connectivity index (χ1n) is 15.4. The molecule has 4 N–H and O–H groups in total. The Bertz CT molecular complexity index is 1010. The number of hydrogen-bond donors (Lipinski definition) is 4. The van der Waals surface area contributed by atoms with Gasteiger partial charge >= 0.3 is 12.0 Å². The lowest BCUT2D eigenvalue weighted by molar-refractivity contribution is -0.145. The van der Waals surface area contributed by atoms with Crippen molar-refractivity contribution in [2.24, 2.45) is 11.8 Å². The third-order valence-corrected chi connectivity index (χ3v) is 9.00. The van der Waals surface area contributed by atoms with Crippen LogP contribution in [0, 0.1) is 11.8 Å². The summed E-state index contributed by atoms with van der Waals surface area (Å²) in [5.41, 5.74) is -0.290. The van der Waals surface area contributed by atoms with Crippen molar-refractivity contribution in [2.45, 2.75) is 121 Å². The van der Waals surface area contributed by atoms with Crippen molar-refractivity contribution in [1.82, 2.24) is 20.9 Å². The van der Waals surface area contributed by atoms with E-state index < -0.39 is 41.4 Å². The van der Waals surface area contributed by atoms with Gasteiger partial charge in [-0.2, -0.15) is 0 Å². The maximum absolute atomic E-state index is 13.2. The molecule has 0 aromatic rings. The molecule has 40 heavy (non-hydrogen) atoms. The number of nitrogens with zero attached hydrogens (tertiary/aromatic N) is 1. The first-order chi connectivity index (χ1) is 19.3. The van der Waals surface area contributed by atoms with Gasteiger partial charge in [-0.05, 0) is 75.7 Å². The lowest BCUT2D eigenvalue weighted by atomic mass is 9.90. The van der Waals surface area contributed by atoms with Gasteiger partial charge in [0.25, 0.3) is 0 Å². The Kier molecular flexibility index (Phi) is 10.2. The van der Waals surface area contributed by atoms with E-state index in [0.717, 1.165) is 76.2 Å². The molecule has 4 amide bonds. The van der Waals surface area contributed by atoms with Crippen LogP contribution in [0.3, 0.4) is 0 Å². The molecule has 0 radical (unpaired) electrons. The number of aliphatic carboxylic acids is 1. The van der Waals surface area contributed by atoms with Crippen LogP contribution in [0.4, 0.5) is 4.79 Å². The van der Waals surface area contributed by atoms with Gasteiger partial charge in [0.15, 0.2) is 5.78 Å². The summed E-state index contributed by atoms with van der Waals surface area (Å²) < 4.78 is 0. The van der Waals surface area contributed by atoms with E-state index in [9.17, 15) is 29.1 Å². The first-order valence-corrected chi connectivity index (χ1v) is 15.4. The maximum atomic E-state index is 13.2. The van der Waals surface area contributed by atoms with Crippen molar-refractivity contribution in [3.63, 3.8) is 0 Å². The summed E-state index contributed by atoms with van der Waals surface area (Å²) in [6.45, 7) is 2.22. The maximum Gasteiger partial charge on any atom is 0.329 e. The van der Waals surface area contributed by atoms with E-state index in [-0.39, 0.29) is 24.2 Å². The van der Waals surface area contributed by atoms with Gasteiger partial charge in [-0.3, -0.25) is 14.4 Å². The number of allylic oxidation sites excluding steroid dienone is 1. The Balaban J connectivity index is 1.27. The minimum Gasteiger partial charge on any atom is -0.479 e. The van der Waals surface area contributed by atoms with E-state index in [1.165, 1.54) is 11.3 Å². The topological polar surface area (TPSA) is 145 Å². The van der Waals surface area contributed by atoms with Crippen LogP contribution in [-0.4, -0.2) is 70.3 Å². The zero-order valence-corrected chi connectivity index (χ0v) is 23.8. The highest BCUT2D eigenvalue weighted by atomic mass is 16.4. The zero-order valence-electron chi connectivity index (χ0n) is 23.8. The normalized spacial score (nSPS) is 26.4. The number of hydrogen-bond acceptors (Lipinski definition) is 5. The summed E-state index contributed by atoms with van der Waals surface area (Å²) in [5.74, 6) is -1.90. The van der Waals surface area contributed by atoms with Crippen LogP contribution in [0.15, 0.2) is 11.6 Å². The lowest BCUT2D eigenvalue weighted by Gasteiger charge is -2.27. The molecule has 1 heterocycles. The Hall–Kier alpha value is -2.91. The number of carboxylic acid groups (broad SMARTS) is 1. The van der Waals surface area contributed by atoms with Crippen molar-refractivity contribution in [3.05, 3.63) is 11.6 Å². The molecule has 2 saturated carbocycles. The average molecular weight is 559 g/mol. The van der Waals surface area contributed by atoms with Gasteiger partial charge in [-0.15, -0.1) is 0 Å². The molecular formula is C30H46N4O6. The highest BCUT2D eigenvalue weighted by Crippen LogP contribution is 2.47. The van der Waals surface area contributed by atoms with Crippen molar-refractivity contribution < 1.29 is 29.1 Å². The highest BCUT2D eigenvalue weighted by molar-refractivity contribution is 5.96. The molecule has 1 saturated heterocycles. The second kappa shape index (κ2) is 13.6. The van der Waals surface area contributed by atoms with Crippen LogP contribution in [0.25, 0.3) is 0 Å². The van der Waals surface area contributed by atoms with Gasteiger partial charge in [0.1, 0.15) is 17.6 Å². The molecule has 4 aliphatic rings. The van der Waals surface area contributed by atoms with Gasteiger partial charge in [0, 0.05) is 12.5 Å². The van der Waals surface area contributed by atoms with Gasteiger partial charge in [0.2, 0.25) is 11.8 Å². The fourth-order valence-corrected chi connectivity index (χ4v) is 6.30. The molecule has 222 valence electrons. The standard InChI is InChI=1S/C30H46N4O6/c1-2-3-4-5-9-13-22-18-30(22,28(38)39)33-27(37)23-14-10-17-34(23)24(35)19-31-29(40)32-25(26(36)21-15-16-21)20-11-7-6-8-12-20/h11,21-23,25H,2-10,12-19H2,1H3,(H,33,37)(H,38,39)(H2,31,32,40)/t22?,23-,25-,30?/m0/s1. The second-order valence-electron chi connectivity index (χ2n) is 12.1. The van der Waals surface area contributed by atoms with Crippen LogP contribution in [-0.2, 0) is 19.2 Å². The molecule has 3 fully saturated rings. The number of ketones is 1. The van der Waals surface area contributed by atoms with Crippen LogP contribution in [0.5, 0.6) is 0 Å². The number of nitrogens with one attached hydrogen (secondary N) is 3. The van der Waals surface area contributed by atoms with Gasteiger partial charge in [0.05, 0.1) is 6.54 Å². The van der Waals surface area contributed by atoms with Crippen LogP contribution >= 0.6 is 0 Å². The molecule has 0 spiro atoms. The van der Waals surface area contributed by atoms with E-state index in [0.29, 0.717) is 25.8 Å². The molecule has 4 atom stereocenters. The van der Waals surface area contributed by atoms with E-state index >= 15 is 0 Å². The highest BCUT2D eigenvalue weighted by Gasteiger charge is 2.61. The lowest BCUT2D eigenvalue weighted by Crippen LogP contribution is -2.55. The summed E-state index contributed by atoms with van der Waals surface area (Å²) in [7, 11) is 0. The molecular weight excluding hydrogens is 512 g/mol. The average Bonchev–Trinajstić information content (AvgIpc) is 3.86. The van der Waals surface area contributed by atoms with E-state index in [1.54, 1.807) is 0 Å². The van der Waals surface area contributed by atoms with Crippen molar-refractivity contribution in [2.75, 3.05) is 13.1 Å². The fourth-order valence-electron chi connectivity index (χ4n) is 6.30. The van der Waals surface area contributed by atoms with Gasteiger partial charge < -0.3 is 26.0 Å². The monoisotopic (exact) mass is 558 g/mol. The smallest absolute Gasteiger partial charge is 0.329 e. The Morgan fingerprint density at radius 1 is 1.05 bits per heavy atom. The molecule has 10 heteroatoms. The predicted octanol–water partition coefficient (Wildman–Crippen LogP) is 3.44. The summed E-state index contributed by atoms with van der Waals surface area (Å²) in [6.07, 6.45) is 15.2. The second-order valence-corrected chi connectivity index (χ2v) is 12.1. The molecule has 10 nitrogen and oxygen atoms in total. The third kappa shape index (κ3) is 7.43. The van der Waals surface area contributed by atoms with Gasteiger partial charge in [-0.1, -0.05) is 45.1 Å². The quantitative estimate of drug-likeness (QED) is 0.179. The summed E-state index contributed by atoms with van der Waals surface area (Å²) in [6, 6.07) is -1.99. The van der Waals surface area contributed by atoms with Gasteiger partial charge in [-0.25, -0.2) is 9.59 Å². The number of carbonyl (C=O) groups is 5. The summed E-state index contributed by atoms with van der Waals surface area (Å²) >= 11 is 0. The number of Topliss-reactive ketones (excluding diaryl/α,β-unsaturated/α-hetero) is 1. The molecule has 1 aliphatic heterocycles. The Labute approximate surface area is 237 Å². The third-order valence-electron chi connectivity index (χ3n) is 9.00. The van der Waals surface area contributed by atoms with Crippen molar-refractivity contribution in [3.8, 4) is 0 Å². The number of amides is 4. The molecule has 3 aliphatic carbocycles. The molecule has 2 unspecified atom stereocenters. The largest absolute Gasteiger partial charge is 0.479 e. The van der Waals surface area contributed by atoms with Crippen LogP contribution in [0.2, 0.25) is 0 Å². The van der Waals surface area contributed by atoms with Crippen molar-refractivity contribution >= 4 is 29.6 Å². The molecule has 0 aromatic heterocycles. The number of urea groups is 1. The first kappa shape index (κ1) is 30.1. The Morgan fingerprint density at radius 2 is 1.82 bits per heavy atom. The molecule has 4 rings (SSSR count). The number of carbonyl (C=O) groups excluding carboxylic acids is 4.